The fourth-order valence-corrected chi connectivity index (χ4v) is 4.51. The van der Waals surface area contributed by atoms with E-state index in [2.05, 4.69) is 0 Å². The number of nitrogens with zero attached hydrogens (tertiary/aromatic N) is 2. The van der Waals surface area contributed by atoms with Crippen molar-refractivity contribution in [3.8, 4) is 22.9 Å². The number of nitriles is 1. The number of fused-ring (bicyclic) bond motifs is 1. The van der Waals surface area contributed by atoms with Crippen molar-refractivity contribution in [2.24, 2.45) is 0 Å². The van der Waals surface area contributed by atoms with E-state index in [0.717, 1.165) is 5.56 Å². The zero-order valence-electron chi connectivity index (χ0n) is 15.3. The Labute approximate surface area is 167 Å². The van der Waals surface area contributed by atoms with Crippen molar-refractivity contribution in [2.75, 3.05) is 7.11 Å². The van der Waals surface area contributed by atoms with E-state index < -0.39 is 15.8 Å². The molecule has 0 atom stereocenters. The van der Waals surface area contributed by atoms with Crippen LogP contribution in [0.2, 0.25) is 0 Å². The van der Waals surface area contributed by atoms with Gasteiger partial charge in [-0.05, 0) is 65.7 Å². The van der Waals surface area contributed by atoms with Crippen LogP contribution in [0.5, 0.6) is 5.75 Å². The molecule has 0 amide bonds. The summed E-state index contributed by atoms with van der Waals surface area (Å²) in [6.07, 6.45) is 1.49. The van der Waals surface area contributed by atoms with E-state index in [4.69, 9.17) is 10.00 Å². The Morgan fingerprint density at radius 2 is 1.66 bits per heavy atom. The molecule has 0 aliphatic carbocycles. The zero-order chi connectivity index (χ0) is 20.6. The minimum absolute atomic E-state index is 0.0217. The summed E-state index contributed by atoms with van der Waals surface area (Å²) in [5, 5.41) is 9.57. The lowest BCUT2D eigenvalue weighted by atomic mass is 10.0. The van der Waals surface area contributed by atoms with Crippen LogP contribution in [0.25, 0.3) is 22.0 Å². The molecule has 144 valence electrons. The SMILES string of the molecule is COc1ccc(S(=O)(=O)n2ccc3cc(-c4ccc(C#N)c(F)c4)ccc32)cc1. The first-order chi connectivity index (χ1) is 13.9. The molecule has 29 heavy (non-hydrogen) atoms. The summed E-state index contributed by atoms with van der Waals surface area (Å²) >= 11 is 0. The maximum Gasteiger partial charge on any atom is 0.268 e. The van der Waals surface area contributed by atoms with Crippen LogP contribution in [-0.2, 0) is 10.0 Å². The van der Waals surface area contributed by atoms with Crippen LogP contribution in [0.4, 0.5) is 4.39 Å². The smallest absolute Gasteiger partial charge is 0.268 e. The van der Waals surface area contributed by atoms with Crippen molar-refractivity contribution in [3.63, 3.8) is 0 Å². The molecule has 0 bridgehead atoms. The molecule has 0 saturated heterocycles. The predicted octanol–water partition coefficient (Wildman–Crippen LogP) is 4.56. The monoisotopic (exact) mass is 406 g/mol. The van der Waals surface area contributed by atoms with Crippen LogP contribution >= 0.6 is 0 Å². The number of rotatable bonds is 4. The molecule has 7 heteroatoms. The highest BCUT2D eigenvalue weighted by Crippen LogP contribution is 2.29. The number of halogens is 1. The average Bonchev–Trinajstić information content (AvgIpc) is 3.18. The molecule has 0 radical (unpaired) electrons. The van der Waals surface area contributed by atoms with Crippen LogP contribution in [0, 0.1) is 17.1 Å². The van der Waals surface area contributed by atoms with Gasteiger partial charge in [-0.3, -0.25) is 0 Å². The Hall–Kier alpha value is -3.63. The quantitative estimate of drug-likeness (QED) is 0.498. The number of benzene rings is 3. The second-order valence-electron chi connectivity index (χ2n) is 6.37. The van der Waals surface area contributed by atoms with E-state index in [0.29, 0.717) is 22.2 Å². The van der Waals surface area contributed by atoms with Gasteiger partial charge in [-0.15, -0.1) is 0 Å². The van der Waals surface area contributed by atoms with Crippen LogP contribution < -0.4 is 4.74 Å². The fourth-order valence-electron chi connectivity index (χ4n) is 3.15. The Kier molecular flexibility index (Phi) is 4.57. The highest BCUT2D eigenvalue weighted by atomic mass is 32.2. The van der Waals surface area contributed by atoms with Gasteiger partial charge in [0.05, 0.1) is 23.1 Å². The van der Waals surface area contributed by atoms with Gasteiger partial charge in [-0.2, -0.15) is 5.26 Å². The van der Waals surface area contributed by atoms with E-state index in [1.165, 1.54) is 41.5 Å². The summed E-state index contributed by atoms with van der Waals surface area (Å²) in [6.45, 7) is 0. The van der Waals surface area contributed by atoms with Crippen molar-refractivity contribution in [1.82, 2.24) is 3.97 Å². The molecule has 0 unspecified atom stereocenters. The number of hydrogen-bond donors (Lipinski definition) is 0. The largest absolute Gasteiger partial charge is 0.497 e. The number of aromatic nitrogens is 1. The summed E-state index contributed by atoms with van der Waals surface area (Å²) in [5.41, 5.74) is 1.82. The molecular formula is C22H15FN2O3S. The molecular weight excluding hydrogens is 391 g/mol. The van der Waals surface area contributed by atoms with Crippen molar-refractivity contribution >= 4 is 20.9 Å². The lowest BCUT2D eigenvalue weighted by molar-refractivity contribution is 0.414. The zero-order valence-corrected chi connectivity index (χ0v) is 16.2. The third-order valence-corrected chi connectivity index (χ3v) is 6.40. The van der Waals surface area contributed by atoms with Crippen molar-refractivity contribution in [2.45, 2.75) is 4.90 Å². The van der Waals surface area contributed by atoms with Crippen molar-refractivity contribution < 1.29 is 17.5 Å². The lowest BCUT2D eigenvalue weighted by Crippen LogP contribution is -2.11. The minimum atomic E-state index is -3.78. The summed E-state index contributed by atoms with van der Waals surface area (Å²) in [7, 11) is -2.26. The van der Waals surface area contributed by atoms with Gasteiger partial charge >= 0.3 is 0 Å². The van der Waals surface area contributed by atoms with Gasteiger partial charge in [0.15, 0.2) is 0 Å². The van der Waals surface area contributed by atoms with Gasteiger partial charge in [0.25, 0.3) is 10.0 Å². The minimum Gasteiger partial charge on any atom is -0.497 e. The molecule has 0 aliphatic heterocycles. The maximum absolute atomic E-state index is 13.9. The molecule has 5 nitrogen and oxygen atoms in total. The maximum atomic E-state index is 13.9. The summed E-state index contributed by atoms with van der Waals surface area (Å²) in [4.78, 5) is 0.147. The Morgan fingerprint density at radius 1 is 0.966 bits per heavy atom. The third kappa shape index (κ3) is 3.24. The molecule has 4 aromatic rings. The van der Waals surface area contributed by atoms with Crippen molar-refractivity contribution in [1.29, 1.82) is 5.26 Å². The topological polar surface area (TPSA) is 72.1 Å². The van der Waals surface area contributed by atoms with E-state index in [-0.39, 0.29) is 10.5 Å². The standard InChI is InChI=1S/C22H15FN2O3S/c1-28-19-5-7-20(8-6-19)29(26,27)25-11-10-17-12-15(4-9-22(17)25)16-2-3-18(14-24)21(23)13-16/h2-13H,1H3. The van der Waals surface area contributed by atoms with Gasteiger partial charge < -0.3 is 4.74 Å². The molecule has 1 heterocycles. The third-order valence-electron chi connectivity index (χ3n) is 4.69. The number of hydrogen-bond acceptors (Lipinski definition) is 4. The first-order valence-electron chi connectivity index (χ1n) is 8.65. The van der Waals surface area contributed by atoms with Gasteiger partial charge in [0, 0.05) is 11.6 Å². The summed E-state index contributed by atoms with van der Waals surface area (Å²) in [6, 6.07) is 19.2. The normalized spacial score (nSPS) is 11.3. The van der Waals surface area contributed by atoms with E-state index in [1.807, 2.05) is 0 Å². The number of ether oxygens (including phenoxy) is 1. The number of methoxy groups -OCH3 is 1. The Balaban J connectivity index is 1.77. The van der Waals surface area contributed by atoms with Gasteiger partial charge in [-0.1, -0.05) is 12.1 Å². The van der Waals surface area contributed by atoms with E-state index in [1.54, 1.807) is 48.5 Å². The Morgan fingerprint density at radius 3 is 2.31 bits per heavy atom. The second kappa shape index (κ2) is 7.08. The molecule has 0 aliphatic rings. The highest BCUT2D eigenvalue weighted by molar-refractivity contribution is 7.90. The first kappa shape index (κ1) is 18.7. The molecule has 3 aromatic carbocycles. The molecule has 0 saturated carbocycles. The molecule has 1 aromatic heterocycles. The summed E-state index contributed by atoms with van der Waals surface area (Å²) < 4.78 is 46.3. The van der Waals surface area contributed by atoms with Gasteiger partial charge in [0.1, 0.15) is 17.6 Å². The van der Waals surface area contributed by atoms with Gasteiger partial charge in [-0.25, -0.2) is 16.8 Å². The van der Waals surface area contributed by atoms with Crippen LogP contribution in [0.1, 0.15) is 5.56 Å². The Bertz CT molecular complexity index is 1370. The van der Waals surface area contributed by atoms with Crippen LogP contribution in [0.3, 0.4) is 0 Å². The average molecular weight is 406 g/mol. The van der Waals surface area contributed by atoms with Gasteiger partial charge in [0.2, 0.25) is 0 Å². The highest BCUT2D eigenvalue weighted by Gasteiger charge is 2.19. The molecule has 0 fully saturated rings. The van der Waals surface area contributed by atoms with E-state index >= 15 is 0 Å². The van der Waals surface area contributed by atoms with Crippen molar-refractivity contribution in [3.05, 3.63) is 84.3 Å². The molecule has 0 spiro atoms. The fraction of sp³-hybridized carbons (Fsp3) is 0.0455. The second-order valence-corrected chi connectivity index (χ2v) is 8.19. The molecule has 0 N–H and O–H groups in total. The van der Waals surface area contributed by atoms with E-state index in [9.17, 15) is 12.8 Å². The first-order valence-corrected chi connectivity index (χ1v) is 10.1. The van der Waals surface area contributed by atoms with Crippen LogP contribution in [0.15, 0.2) is 77.8 Å². The van der Waals surface area contributed by atoms with Crippen LogP contribution in [-0.4, -0.2) is 19.5 Å². The molecule has 4 rings (SSSR count). The summed E-state index contributed by atoms with van der Waals surface area (Å²) in [5.74, 6) is -0.0228. The predicted molar refractivity (Wildman–Crippen MR) is 108 cm³/mol. The lowest BCUT2D eigenvalue weighted by Gasteiger charge is -2.09.